The van der Waals surface area contributed by atoms with E-state index < -0.39 is 17.7 Å². The minimum atomic E-state index is -0.960. The Balaban J connectivity index is 1.64. The van der Waals surface area contributed by atoms with Crippen LogP contribution in [-0.2, 0) is 9.59 Å². The van der Waals surface area contributed by atoms with Crippen LogP contribution in [-0.4, -0.2) is 22.4 Å². The zero-order chi connectivity index (χ0) is 25.3. The topological polar surface area (TPSA) is 92.2 Å². The van der Waals surface area contributed by atoms with Gasteiger partial charge in [0.05, 0.1) is 11.2 Å². The highest BCUT2D eigenvalue weighted by molar-refractivity contribution is 9.10. The Bertz CT molecular complexity index is 1480. The van der Waals surface area contributed by atoms with Crippen molar-refractivity contribution in [3.63, 3.8) is 0 Å². The van der Waals surface area contributed by atoms with Gasteiger partial charge in [-0.15, -0.1) is 0 Å². The summed E-state index contributed by atoms with van der Waals surface area (Å²) < 4.78 is 2.68. The van der Waals surface area contributed by atoms with E-state index in [9.17, 15) is 14.4 Å². The molecule has 0 aliphatic rings. The largest absolute Gasteiger partial charge is 0.328 e. The summed E-state index contributed by atoms with van der Waals surface area (Å²) in [6, 6.07) is 16.8. The maximum absolute atomic E-state index is 13.1. The quantitative estimate of drug-likeness (QED) is 0.216. The van der Waals surface area contributed by atoms with Crippen LogP contribution < -0.4 is 16.1 Å². The molecule has 178 valence electrons. The van der Waals surface area contributed by atoms with Crippen molar-refractivity contribution in [2.24, 2.45) is 0 Å². The third kappa shape index (κ3) is 5.87. The van der Waals surface area contributed by atoms with Crippen molar-refractivity contribution in [3.8, 4) is 0 Å². The number of amides is 3. The highest BCUT2D eigenvalue weighted by Gasteiger charge is 2.22. The molecular weight excluding hydrogens is 623 g/mol. The molecule has 0 atom stereocenters. The lowest BCUT2D eigenvalue weighted by Gasteiger charge is -2.13. The Morgan fingerprint density at radius 3 is 2.23 bits per heavy atom. The zero-order valence-corrected chi connectivity index (χ0v) is 22.6. The summed E-state index contributed by atoms with van der Waals surface area (Å²) in [6.07, 6.45) is 0. The molecular formula is C24H16Br2Cl2N4O3. The van der Waals surface area contributed by atoms with E-state index in [1.807, 2.05) is 13.0 Å². The van der Waals surface area contributed by atoms with Crippen molar-refractivity contribution < 1.29 is 14.4 Å². The first kappa shape index (κ1) is 25.2. The van der Waals surface area contributed by atoms with Crippen molar-refractivity contribution in [1.82, 2.24) is 4.68 Å². The predicted octanol–water partition coefficient (Wildman–Crippen LogP) is 6.74. The minimum absolute atomic E-state index is 0.0897. The van der Waals surface area contributed by atoms with Crippen molar-refractivity contribution in [2.75, 3.05) is 16.1 Å². The number of hydrogen-bond acceptors (Lipinski definition) is 3. The lowest BCUT2D eigenvalue weighted by atomic mass is 10.2. The van der Waals surface area contributed by atoms with Gasteiger partial charge in [0.2, 0.25) is 0 Å². The predicted molar refractivity (Wildman–Crippen MR) is 146 cm³/mol. The third-order valence-electron chi connectivity index (χ3n) is 4.91. The fourth-order valence-corrected chi connectivity index (χ4v) is 4.85. The van der Waals surface area contributed by atoms with Gasteiger partial charge >= 0.3 is 11.8 Å². The summed E-state index contributed by atoms with van der Waals surface area (Å²) in [5.41, 5.74) is 4.92. The number of rotatable bonds is 4. The Morgan fingerprint density at radius 2 is 1.54 bits per heavy atom. The van der Waals surface area contributed by atoms with Gasteiger partial charge in [-0.25, -0.2) is 4.68 Å². The van der Waals surface area contributed by atoms with Crippen LogP contribution in [0.2, 0.25) is 10.0 Å². The van der Waals surface area contributed by atoms with Gasteiger partial charge in [0.25, 0.3) is 5.91 Å². The number of nitrogens with zero attached hydrogens (tertiary/aromatic N) is 1. The first-order valence-corrected chi connectivity index (χ1v) is 12.4. The van der Waals surface area contributed by atoms with Crippen molar-refractivity contribution in [2.45, 2.75) is 6.92 Å². The van der Waals surface area contributed by atoms with Crippen molar-refractivity contribution >= 4 is 95.1 Å². The molecule has 0 saturated carbocycles. The van der Waals surface area contributed by atoms with Gasteiger partial charge in [0, 0.05) is 30.1 Å². The van der Waals surface area contributed by atoms with Crippen molar-refractivity contribution in [3.05, 3.63) is 90.9 Å². The molecule has 0 saturated heterocycles. The number of halogens is 4. The molecule has 0 aliphatic heterocycles. The third-order valence-corrected chi connectivity index (χ3v) is 6.49. The molecule has 7 nitrogen and oxygen atoms in total. The maximum atomic E-state index is 13.1. The second-order valence-electron chi connectivity index (χ2n) is 7.56. The SMILES string of the molecule is Cc1ccc(NC(=O)C(=O)Nn2c(C(=O)Nc3cc(Cl)cc(Cl)c3)cc3cc(Br)ccc32)c(Br)c1. The monoisotopic (exact) mass is 636 g/mol. The lowest BCUT2D eigenvalue weighted by molar-refractivity contribution is -0.133. The number of hydrogen-bond donors (Lipinski definition) is 3. The molecule has 35 heavy (non-hydrogen) atoms. The van der Waals surface area contributed by atoms with E-state index in [0.717, 1.165) is 10.0 Å². The molecule has 11 heteroatoms. The smallest absolute Gasteiger partial charge is 0.321 e. The summed E-state index contributed by atoms with van der Waals surface area (Å²) in [5.74, 6) is -2.41. The molecule has 3 amide bonds. The molecule has 1 aromatic heterocycles. The van der Waals surface area contributed by atoms with Crippen LogP contribution in [0, 0.1) is 6.92 Å². The highest BCUT2D eigenvalue weighted by atomic mass is 79.9. The molecule has 1 heterocycles. The number of carbonyl (C=O) groups is 3. The molecule has 0 spiro atoms. The molecule has 0 aliphatic carbocycles. The van der Waals surface area contributed by atoms with Crippen LogP contribution in [0.15, 0.2) is 69.6 Å². The van der Waals surface area contributed by atoms with Gasteiger partial charge in [-0.05, 0) is 83.0 Å². The number of fused-ring (bicyclic) bond motifs is 1. The van der Waals surface area contributed by atoms with Crippen LogP contribution in [0.1, 0.15) is 16.1 Å². The second-order valence-corrected chi connectivity index (χ2v) is 10.2. The van der Waals surface area contributed by atoms with Crippen molar-refractivity contribution in [1.29, 1.82) is 0 Å². The average Bonchev–Trinajstić information content (AvgIpc) is 3.12. The average molecular weight is 639 g/mol. The van der Waals surface area contributed by atoms with Gasteiger partial charge < -0.3 is 10.6 Å². The molecule has 0 unspecified atom stereocenters. The number of aryl methyl sites for hydroxylation is 1. The van der Waals surface area contributed by atoms with Gasteiger partial charge in [0.1, 0.15) is 5.69 Å². The standard InChI is InChI=1S/C24H16Br2Cl2N4O3/c1-12-2-4-19(18(26)6-12)30-23(34)24(35)31-32-20-5-3-14(25)7-13(20)8-21(32)22(33)29-17-10-15(27)9-16(28)11-17/h2-11H,1H3,(H,29,33)(H,30,34)(H,31,35). The second kappa shape index (κ2) is 10.4. The molecule has 4 rings (SSSR count). The number of carbonyl (C=O) groups excluding carboxylic acids is 3. The molecule has 3 aromatic carbocycles. The molecule has 0 bridgehead atoms. The van der Waals surface area contributed by atoms with Crippen LogP contribution >= 0.6 is 55.1 Å². The van der Waals surface area contributed by atoms with E-state index in [-0.39, 0.29) is 5.69 Å². The summed E-state index contributed by atoms with van der Waals surface area (Å²) in [6.45, 7) is 1.91. The van der Waals surface area contributed by atoms with E-state index >= 15 is 0 Å². The summed E-state index contributed by atoms with van der Waals surface area (Å²) in [5, 5.41) is 6.64. The van der Waals surface area contributed by atoms with E-state index in [1.54, 1.807) is 54.6 Å². The number of nitrogens with one attached hydrogen (secondary N) is 3. The zero-order valence-electron chi connectivity index (χ0n) is 18.0. The van der Waals surface area contributed by atoms with Crippen LogP contribution in [0.25, 0.3) is 10.9 Å². The first-order valence-electron chi connectivity index (χ1n) is 10.1. The fourth-order valence-electron chi connectivity index (χ4n) is 3.35. The van der Waals surface area contributed by atoms with E-state index in [2.05, 4.69) is 47.9 Å². The Hall–Kier alpha value is -2.85. The normalized spacial score (nSPS) is 10.8. The summed E-state index contributed by atoms with van der Waals surface area (Å²) in [4.78, 5) is 38.6. The number of benzene rings is 3. The Kier molecular flexibility index (Phi) is 7.51. The maximum Gasteiger partial charge on any atom is 0.328 e. The molecule has 0 fully saturated rings. The van der Waals surface area contributed by atoms with Gasteiger partial charge in [-0.1, -0.05) is 45.2 Å². The van der Waals surface area contributed by atoms with Gasteiger partial charge in [-0.3, -0.25) is 19.8 Å². The van der Waals surface area contributed by atoms with E-state index in [1.165, 1.54) is 4.68 Å². The Morgan fingerprint density at radius 1 is 0.829 bits per heavy atom. The fraction of sp³-hybridized carbons (Fsp3) is 0.0417. The minimum Gasteiger partial charge on any atom is -0.321 e. The number of anilines is 2. The Labute approximate surface area is 227 Å². The van der Waals surface area contributed by atoms with Crippen LogP contribution in [0.3, 0.4) is 0 Å². The lowest BCUT2D eigenvalue weighted by Crippen LogP contribution is -2.36. The van der Waals surface area contributed by atoms with E-state index in [4.69, 9.17) is 23.2 Å². The van der Waals surface area contributed by atoms with Crippen LogP contribution in [0.5, 0.6) is 0 Å². The van der Waals surface area contributed by atoms with E-state index in [0.29, 0.717) is 36.8 Å². The van der Waals surface area contributed by atoms with Gasteiger partial charge in [-0.2, -0.15) is 0 Å². The highest BCUT2D eigenvalue weighted by Crippen LogP contribution is 2.26. The van der Waals surface area contributed by atoms with Gasteiger partial charge in [0.15, 0.2) is 0 Å². The first-order chi connectivity index (χ1) is 16.6. The summed E-state index contributed by atoms with van der Waals surface area (Å²) in [7, 11) is 0. The number of aromatic nitrogens is 1. The summed E-state index contributed by atoms with van der Waals surface area (Å²) >= 11 is 18.8. The molecule has 0 radical (unpaired) electrons. The van der Waals surface area contributed by atoms with Crippen LogP contribution in [0.4, 0.5) is 11.4 Å². The molecule has 4 aromatic rings. The molecule has 3 N–H and O–H groups in total.